The number of amides is 1. The third-order valence-corrected chi connectivity index (χ3v) is 9.68. The van der Waals surface area contributed by atoms with Crippen LogP contribution >= 0.6 is 7.60 Å². The number of anilines is 2. The highest BCUT2D eigenvalue weighted by molar-refractivity contribution is 7.54. The van der Waals surface area contributed by atoms with E-state index < -0.39 is 53.9 Å². The Labute approximate surface area is 257 Å². The fourth-order valence-corrected chi connectivity index (χ4v) is 7.06. The molecule has 14 nitrogen and oxygen atoms in total. The summed E-state index contributed by atoms with van der Waals surface area (Å²) in [5.41, 5.74) is -1.57. The molecule has 4 rings (SSSR count). The Balaban J connectivity index is 1.86. The highest BCUT2D eigenvalue weighted by Crippen LogP contribution is 2.58. The average Bonchev–Trinajstić information content (AvgIpc) is 3.51. The summed E-state index contributed by atoms with van der Waals surface area (Å²) in [5.74, 6) is -1.92. The summed E-state index contributed by atoms with van der Waals surface area (Å²) in [5, 5.41) is 22.2. The normalized spacial score (nSPS) is 26.9. The number of aromatic amines is 1. The molecule has 2 aliphatic rings. The number of nitrogens with zero attached hydrogens (tertiary/aromatic N) is 4. The van der Waals surface area contributed by atoms with Gasteiger partial charge in [0.2, 0.25) is 11.2 Å². The van der Waals surface area contributed by atoms with Crippen molar-refractivity contribution in [3.63, 3.8) is 0 Å². The van der Waals surface area contributed by atoms with Crippen molar-refractivity contribution in [1.82, 2.24) is 30.0 Å². The number of rotatable bonds is 11. The summed E-state index contributed by atoms with van der Waals surface area (Å²) in [6.45, 7) is 3.55. The Morgan fingerprint density at radius 1 is 1.29 bits per heavy atom. The molecule has 246 valence electrons. The van der Waals surface area contributed by atoms with Crippen LogP contribution in [0.4, 0.5) is 30.6 Å². The SMILES string of the molecule is CNC(=O)C1C(C)(Nc2nc(NC3(P(=O)(O)O)CC=C(C)C=C3OC)ncc2C(F)(F)F)C=CC[N+]1(CCCO)c1cn[nH]c1. The number of methoxy groups -OCH3 is 1. The van der Waals surface area contributed by atoms with E-state index in [1.165, 1.54) is 26.4 Å². The highest BCUT2D eigenvalue weighted by Gasteiger charge is 2.56. The molecule has 7 N–H and O–H groups in total. The molecular formula is C27H37F3N8O6P+. The van der Waals surface area contributed by atoms with Crippen molar-refractivity contribution in [3.05, 3.63) is 59.8 Å². The molecule has 1 aliphatic carbocycles. The molecule has 4 atom stereocenters. The van der Waals surface area contributed by atoms with Crippen LogP contribution in [-0.2, 0) is 20.3 Å². The van der Waals surface area contributed by atoms with E-state index in [1.807, 2.05) is 0 Å². The molecule has 0 radical (unpaired) electrons. The standard InChI is InChI=1S/C27H36F3N8O6P/c1-17-7-9-26(45(41,42)43,20(13-17)44-4)37-24-32-16-19(27(28,29)30)22(35-24)36-25(2)8-5-10-38(11-6-12-39,18-14-33-34-15-18)21(25)23(40)31-3/h5,7-8,13-16,21,39H,6,9-12H2,1-4H3,(H5-,31,32,33,34,35,36,37,40,41,42,43)/p+1. The van der Waals surface area contributed by atoms with Gasteiger partial charge in [-0.25, -0.2) is 4.98 Å². The number of aromatic nitrogens is 4. The molecule has 2 aromatic rings. The van der Waals surface area contributed by atoms with Gasteiger partial charge in [0.05, 0.1) is 19.9 Å². The third-order valence-electron chi connectivity index (χ3n) is 8.17. The lowest BCUT2D eigenvalue weighted by Gasteiger charge is -2.51. The van der Waals surface area contributed by atoms with E-state index >= 15 is 0 Å². The number of quaternary nitrogens is 1. The smallest absolute Gasteiger partial charge is 0.421 e. The Morgan fingerprint density at radius 2 is 2.02 bits per heavy atom. The van der Waals surface area contributed by atoms with Crippen LogP contribution in [0.5, 0.6) is 0 Å². The molecular weight excluding hydrogens is 620 g/mol. The topological polar surface area (TPSA) is 195 Å². The van der Waals surface area contributed by atoms with Crippen molar-refractivity contribution >= 4 is 31.0 Å². The predicted molar refractivity (Wildman–Crippen MR) is 160 cm³/mol. The lowest BCUT2D eigenvalue weighted by Crippen LogP contribution is -2.73. The number of hydrogen-bond donors (Lipinski definition) is 7. The van der Waals surface area contributed by atoms with Crippen LogP contribution in [0, 0.1) is 0 Å². The quantitative estimate of drug-likeness (QED) is 0.107. The first-order valence-electron chi connectivity index (χ1n) is 13.9. The average molecular weight is 658 g/mol. The summed E-state index contributed by atoms with van der Waals surface area (Å²) < 4.78 is 61.1. The number of hydrogen-bond acceptors (Lipinski definition) is 9. The van der Waals surface area contributed by atoms with Gasteiger partial charge in [-0.05, 0) is 26.0 Å². The lowest BCUT2D eigenvalue weighted by atomic mass is 9.83. The molecule has 0 saturated heterocycles. The first-order valence-corrected chi connectivity index (χ1v) is 15.5. The van der Waals surface area contributed by atoms with Crippen molar-refractivity contribution in [2.45, 2.75) is 49.7 Å². The molecule has 4 unspecified atom stereocenters. The van der Waals surface area contributed by atoms with Gasteiger partial charge >= 0.3 is 13.8 Å². The minimum absolute atomic E-state index is 0.0940. The number of likely N-dealkylation sites (N-methyl/N-ethyl adjacent to an activating group) is 1. The molecule has 0 aromatic carbocycles. The third kappa shape index (κ3) is 6.35. The zero-order chi connectivity index (χ0) is 33.3. The second-order valence-corrected chi connectivity index (χ2v) is 13.0. The first-order chi connectivity index (χ1) is 21.1. The van der Waals surface area contributed by atoms with Crippen LogP contribution < -0.4 is 20.4 Å². The summed E-state index contributed by atoms with van der Waals surface area (Å²) in [6.07, 6.45) is 4.90. The molecule has 18 heteroatoms. The number of halogens is 3. The molecule has 3 heterocycles. The molecule has 2 aromatic heterocycles. The van der Waals surface area contributed by atoms with E-state index in [0.717, 1.165) is 0 Å². The van der Waals surface area contributed by atoms with E-state index in [1.54, 1.807) is 38.3 Å². The molecule has 0 fully saturated rings. The van der Waals surface area contributed by atoms with Crippen LogP contribution in [0.15, 0.2) is 54.2 Å². The Kier molecular flexibility index (Phi) is 9.52. The van der Waals surface area contributed by atoms with Crippen LogP contribution in [0.3, 0.4) is 0 Å². The first kappa shape index (κ1) is 34.1. The van der Waals surface area contributed by atoms with E-state index in [0.29, 0.717) is 17.5 Å². The van der Waals surface area contributed by atoms with E-state index in [-0.39, 0.29) is 42.8 Å². The zero-order valence-electron chi connectivity index (χ0n) is 25.1. The second kappa shape index (κ2) is 12.6. The summed E-state index contributed by atoms with van der Waals surface area (Å²) in [4.78, 5) is 42.3. The largest absolute Gasteiger partial charge is 0.498 e. The Hall–Kier alpha value is -3.76. The van der Waals surface area contributed by atoms with Crippen molar-refractivity contribution in [3.8, 4) is 0 Å². The van der Waals surface area contributed by atoms with Crippen LogP contribution in [0.1, 0.15) is 32.3 Å². The second-order valence-electron chi connectivity index (χ2n) is 11.1. The fraction of sp³-hybridized carbons (Fsp3) is 0.481. The molecule has 1 aliphatic heterocycles. The summed E-state index contributed by atoms with van der Waals surface area (Å²) in [6, 6.07) is -1.10. The van der Waals surface area contributed by atoms with Crippen molar-refractivity contribution in [2.75, 3.05) is 44.5 Å². The zero-order valence-corrected chi connectivity index (χ0v) is 26.0. The van der Waals surface area contributed by atoms with Gasteiger partial charge in [0.15, 0.2) is 11.7 Å². The van der Waals surface area contributed by atoms with E-state index in [2.05, 4.69) is 36.1 Å². The fourth-order valence-electron chi connectivity index (χ4n) is 6.04. The summed E-state index contributed by atoms with van der Waals surface area (Å²) >= 11 is 0. The van der Waals surface area contributed by atoms with Gasteiger partial charge in [-0.1, -0.05) is 17.7 Å². The number of H-pyrrole nitrogens is 1. The van der Waals surface area contributed by atoms with Crippen molar-refractivity contribution in [1.29, 1.82) is 0 Å². The molecule has 0 saturated carbocycles. The highest BCUT2D eigenvalue weighted by atomic mass is 31.2. The minimum atomic E-state index is -5.10. The number of aliphatic hydroxyl groups is 1. The number of aliphatic hydroxyl groups excluding tert-OH is 1. The van der Waals surface area contributed by atoms with Crippen LogP contribution in [-0.4, -0.2) is 91.7 Å². The maximum absolute atomic E-state index is 14.4. The Bertz CT molecular complexity index is 1550. The van der Waals surface area contributed by atoms with Crippen LogP contribution in [0.2, 0.25) is 0 Å². The number of nitrogens with one attached hydrogen (secondary N) is 4. The van der Waals surface area contributed by atoms with Crippen molar-refractivity contribution < 1.29 is 42.2 Å². The minimum Gasteiger partial charge on any atom is -0.498 e. The van der Waals surface area contributed by atoms with Crippen molar-refractivity contribution in [2.24, 2.45) is 0 Å². The maximum atomic E-state index is 14.4. The Morgan fingerprint density at radius 3 is 2.60 bits per heavy atom. The monoisotopic (exact) mass is 657 g/mol. The number of allylic oxidation sites excluding steroid dienone is 2. The van der Waals surface area contributed by atoms with Gasteiger partial charge < -0.3 is 35.6 Å². The lowest BCUT2D eigenvalue weighted by molar-refractivity contribution is -0.137. The van der Waals surface area contributed by atoms with Gasteiger partial charge in [-0.2, -0.15) is 23.3 Å². The molecule has 0 spiro atoms. The van der Waals surface area contributed by atoms with Crippen LogP contribution in [0.25, 0.3) is 0 Å². The number of ether oxygens (including phenoxy) is 1. The molecule has 0 bridgehead atoms. The van der Waals surface area contributed by atoms with Gasteiger partial charge in [-0.15, -0.1) is 0 Å². The maximum Gasteiger partial charge on any atom is 0.421 e. The van der Waals surface area contributed by atoms with Gasteiger partial charge in [0.25, 0.3) is 5.91 Å². The molecule has 1 amide bonds. The van der Waals surface area contributed by atoms with Gasteiger partial charge in [0, 0.05) is 32.7 Å². The van der Waals surface area contributed by atoms with E-state index in [9.17, 15) is 37.4 Å². The number of carbonyl (C=O) groups is 1. The van der Waals surface area contributed by atoms with E-state index in [4.69, 9.17) is 4.74 Å². The predicted octanol–water partition coefficient (Wildman–Crippen LogP) is 2.63. The van der Waals surface area contributed by atoms with Gasteiger partial charge in [-0.3, -0.25) is 18.9 Å². The molecule has 45 heavy (non-hydrogen) atoms. The number of alkyl halides is 3. The summed E-state index contributed by atoms with van der Waals surface area (Å²) in [7, 11) is -2.47. The van der Waals surface area contributed by atoms with Gasteiger partial charge in [0.1, 0.15) is 35.4 Å². The number of carbonyl (C=O) groups excluding carboxylic acids is 1.